The van der Waals surface area contributed by atoms with E-state index in [9.17, 15) is 19.2 Å². The summed E-state index contributed by atoms with van der Waals surface area (Å²) >= 11 is 0. The van der Waals surface area contributed by atoms with Gasteiger partial charge in [-0.15, -0.1) is 0 Å². The molecule has 54 heavy (non-hydrogen) atoms. The Morgan fingerprint density at radius 1 is 0.648 bits per heavy atom. The third kappa shape index (κ3) is 6.92. The van der Waals surface area contributed by atoms with Crippen molar-refractivity contribution in [1.29, 1.82) is 0 Å². The molecule has 2 aromatic heterocycles. The number of aromatic amines is 2. The monoisotopic (exact) mass is 734 g/mol. The molecule has 2 aliphatic carbocycles. The Kier molecular flexibility index (Phi) is 9.36. The number of primary amides is 2. The van der Waals surface area contributed by atoms with Crippen LogP contribution in [0.15, 0.2) is 48.8 Å². The molecular weight excluding hydrogens is 688 g/mol. The quantitative estimate of drug-likeness (QED) is 0.147. The third-order valence-corrected chi connectivity index (χ3v) is 11.6. The second-order valence-corrected chi connectivity index (χ2v) is 15.1. The summed E-state index contributed by atoms with van der Waals surface area (Å²) in [5.41, 5.74) is 18.8. The fourth-order valence-corrected chi connectivity index (χ4v) is 8.25. The Bertz CT molecular complexity index is 2080. The zero-order valence-electron chi connectivity index (χ0n) is 30.5. The van der Waals surface area contributed by atoms with Crippen LogP contribution in [-0.2, 0) is 19.1 Å². The molecule has 2 aliphatic heterocycles. The van der Waals surface area contributed by atoms with Gasteiger partial charge >= 0.3 is 12.2 Å². The van der Waals surface area contributed by atoms with Gasteiger partial charge in [-0.2, -0.15) is 0 Å². The molecule has 0 bridgehead atoms. The molecule has 4 aromatic rings. The van der Waals surface area contributed by atoms with Crippen LogP contribution in [0.4, 0.5) is 9.59 Å². The normalized spacial score (nSPS) is 20.9. The number of nitrogens with two attached hydrogens (primary N) is 2. The Morgan fingerprint density at radius 2 is 1.09 bits per heavy atom. The number of aromatic nitrogens is 4. The minimum absolute atomic E-state index is 0.0293. The Hall–Kier alpha value is -5.66. The van der Waals surface area contributed by atoms with Crippen molar-refractivity contribution in [2.24, 2.45) is 23.3 Å². The van der Waals surface area contributed by atoms with Crippen molar-refractivity contribution in [2.45, 2.75) is 89.5 Å². The first-order valence-corrected chi connectivity index (χ1v) is 18.9. The van der Waals surface area contributed by atoms with Crippen molar-refractivity contribution in [3.63, 3.8) is 0 Å². The molecular formula is C40H46N8O6. The lowest BCUT2D eigenvalue weighted by Crippen LogP contribution is -2.43. The molecule has 2 aromatic carbocycles. The van der Waals surface area contributed by atoms with Gasteiger partial charge in [-0.3, -0.25) is 9.59 Å². The van der Waals surface area contributed by atoms with Gasteiger partial charge in [0.15, 0.2) is 12.2 Å². The number of hydrogen-bond donors (Lipinski definition) is 4. The summed E-state index contributed by atoms with van der Waals surface area (Å²) in [6, 6.07) is 12.1. The van der Waals surface area contributed by atoms with Gasteiger partial charge in [-0.05, 0) is 93.0 Å². The van der Waals surface area contributed by atoms with Crippen molar-refractivity contribution >= 4 is 24.0 Å². The summed E-state index contributed by atoms with van der Waals surface area (Å²) in [5.74, 6) is 1.09. The molecule has 2 saturated carbocycles. The van der Waals surface area contributed by atoms with Gasteiger partial charge in [0.25, 0.3) is 11.8 Å². The first kappa shape index (κ1) is 35.4. The van der Waals surface area contributed by atoms with E-state index in [2.05, 4.69) is 65.2 Å². The maximum Gasteiger partial charge on any atom is 0.405 e. The zero-order valence-corrected chi connectivity index (χ0v) is 30.5. The van der Waals surface area contributed by atoms with E-state index in [1.165, 1.54) is 0 Å². The number of carbonyl (C=O) groups is 4. The van der Waals surface area contributed by atoms with Gasteiger partial charge in [-0.25, -0.2) is 19.6 Å². The first-order valence-electron chi connectivity index (χ1n) is 18.9. The fraction of sp³-hybridized carbons (Fsp3) is 0.450. The highest BCUT2D eigenvalue weighted by molar-refractivity contribution is 5.85. The number of hydrogen-bond acceptors (Lipinski definition) is 8. The molecule has 0 spiro atoms. The van der Waals surface area contributed by atoms with E-state index in [0.717, 1.165) is 102 Å². The maximum atomic E-state index is 13.5. The highest BCUT2D eigenvalue weighted by Crippen LogP contribution is 2.41. The molecule has 2 unspecified atom stereocenters. The van der Waals surface area contributed by atoms with Crippen LogP contribution in [0.3, 0.4) is 0 Å². The molecule has 14 nitrogen and oxygen atoms in total. The van der Waals surface area contributed by atoms with E-state index in [-0.39, 0.29) is 35.7 Å². The van der Waals surface area contributed by atoms with Crippen molar-refractivity contribution in [3.8, 4) is 33.6 Å². The minimum Gasteiger partial charge on any atom is -0.436 e. The van der Waals surface area contributed by atoms with E-state index in [4.69, 9.17) is 25.9 Å². The van der Waals surface area contributed by atoms with Crippen LogP contribution in [0.5, 0.6) is 0 Å². The van der Waals surface area contributed by atoms with Gasteiger partial charge in [0, 0.05) is 30.5 Å². The molecule has 6 N–H and O–H groups in total. The van der Waals surface area contributed by atoms with Crippen molar-refractivity contribution in [2.75, 3.05) is 13.1 Å². The molecule has 282 valence electrons. The predicted molar refractivity (Wildman–Crippen MR) is 198 cm³/mol. The standard InChI is InChI=1S/C40H46N8O6/c1-21-22(2)28(30-20-44-36(46-30)32-6-4-18-48(32)38(50)34(26-13-14-26)54-40(42)52)16-15-27(21)23-7-9-24(10-8-23)29-19-43-35(45-29)31-5-3-17-47(31)37(49)33(25-11-12-25)53-39(41)51/h7-10,15-16,19-20,25-26,31-34H,3-6,11-14,17-18H2,1-2H3,(H2,41,51)(H2,42,52)(H,43,45)(H,44,46)/t31?,32?,33-,34-/m1/s1. The van der Waals surface area contributed by atoms with Crippen molar-refractivity contribution < 1.29 is 28.7 Å². The van der Waals surface area contributed by atoms with Gasteiger partial charge in [0.2, 0.25) is 0 Å². The second-order valence-electron chi connectivity index (χ2n) is 15.1. The highest BCUT2D eigenvalue weighted by atomic mass is 16.6. The van der Waals surface area contributed by atoms with E-state index >= 15 is 0 Å². The molecule has 8 rings (SSSR count). The first-order chi connectivity index (χ1) is 26.1. The molecule has 0 radical (unpaired) electrons. The summed E-state index contributed by atoms with van der Waals surface area (Å²) < 4.78 is 10.5. The highest BCUT2D eigenvalue weighted by Gasteiger charge is 2.45. The van der Waals surface area contributed by atoms with E-state index in [0.29, 0.717) is 18.9 Å². The lowest BCUT2D eigenvalue weighted by Gasteiger charge is -2.27. The third-order valence-electron chi connectivity index (χ3n) is 11.6. The van der Waals surface area contributed by atoms with Crippen LogP contribution in [0, 0.1) is 25.7 Å². The minimum atomic E-state index is -0.923. The number of carbonyl (C=O) groups excluding carboxylic acids is 4. The maximum absolute atomic E-state index is 13.5. The number of rotatable bonds is 11. The summed E-state index contributed by atoms with van der Waals surface area (Å²) in [6.07, 6.45) is 6.72. The second kappa shape index (κ2) is 14.3. The number of amides is 4. The lowest BCUT2D eigenvalue weighted by molar-refractivity contribution is -0.143. The Labute approximate surface area is 313 Å². The lowest BCUT2D eigenvalue weighted by atomic mass is 9.92. The van der Waals surface area contributed by atoms with Gasteiger partial charge in [0.1, 0.15) is 11.6 Å². The zero-order chi connectivity index (χ0) is 37.7. The van der Waals surface area contributed by atoms with Crippen LogP contribution < -0.4 is 11.5 Å². The number of likely N-dealkylation sites (tertiary alicyclic amines) is 2. The van der Waals surface area contributed by atoms with Crippen LogP contribution >= 0.6 is 0 Å². The van der Waals surface area contributed by atoms with Crippen LogP contribution in [0.2, 0.25) is 0 Å². The molecule has 4 atom stereocenters. The van der Waals surface area contributed by atoms with Crippen LogP contribution in [-0.4, -0.2) is 79.0 Å². The van der Waals surface area contributed by atoms with E-state index in [1.54, 1.807) is 16.0 Å². The summed E-state index contributed by atoms with van der Waals surface area (Å²) in [5, 5.41) is 0. The van der Waals surface area contributed by atoms with Crippen molar-refractivity contribution in [3.05, 3.63) is 71.6 Å². The number of nitrogens with one attached hydrogen (secondary N) is 2. The van der Waals surface area contributed by atoms with Crippen LogP contribution in [0.1, 0.15) is 86.2 Å². The summed E-state index contributed by atoms with van der Waals surface area (Å²) in [4.78, 5) is 69.8. The molecule has 4 heterocycles. The van der Waals surface area contributed by atoms with E-state index in [1.807, 2.05) is 6.20 Å². The smallest absolute Gasteiger partial charge is 0.405 e. The molecule has 4 fully saturated rings. The predicted octanol–water partition coefficient (Wildman–Crippen LogP) is 5.83. The van der Waals surface area contributed by atoms with E-state index < -0.39 is 24.4 Å². The van der Waals surface area contributed by atoms with Gasteiger partial charge in [-0.1, -0.05) is 36.4 Å². The van der Waals surface area contributed by atoms with Gasteiger partial charge in [0.05, 0.1) is 35.9 Å². The Balaban J connectivity index is 0.958. The number of nitrogens with zero attached hydrogens (tertiary/aromatic N) is 4. The molecule has 2 saturated heterocycles. The Morgan fingerprint density at radius 3 is 1.59 bits per heavy atom. The molecule has 4 aliphatic rings. The topological polar surface area (TPSA) is 203 Å². The van der Waals surface area contributed by atoms with Gasteiger partial charge < -0.3 is 40.7 Å². The number of H-pyrrole nitrogens is 2. The number of ether oxygens (including phenoxy) is 2. The average molecular weight is 735 g/mol. The number of imidazole rings is 2. The number of benzene rings is 2. The summed E-state index contributed by atoms with van der Waals surface area (Å²) in [7, 11) is 0. The summed E-state index contributed by atoms with van der Waals surface area (Å²) in [6.45, 7) is 5.38. The fourth-order valence-electron chi connectivity index (χ4n) is 8.25. The average Bonchev–Trinajstić information content (AvgIpc) is 3.88. The molecule has 14 heteroatoms. The van der Waals surface area contributed by atoms with Crippen LogP contribution in [0.25, 0.3) is 33.6 Å². The molecule has 4 amide bonds. The SMILES string of the molecule is Cc1c(-c2ccc(-c3cnc(C4CCCN4C(=O)[C@H](OC(N)=O)C4CC4)[nH]3)cc2)ccc(-c2cnc(C3CCCN3C(=O)[C@H](OC(N)=O)C3CC3)[nH]2)c1C. The van der Waals surface area contributed by atoms with Crippen molar-refractivity contribution in [1.82, 2.24) is 29.7 Å². The largest absolute Gasteiger partial charge is 0.436 e.